The van der Waals surface area contributed by atoms with Gasteiger partial charge in [-0.2, -0.15) is 5.10 Å². The van der Waals surface area contributed by atoms with Crippen LogP contribution in [0.4, 0.5) is 5.69 Å². The van der Waals surface area contributed by atoms with Crippen LogP contribution < -0.4 is 14.9 Å². The number of hydrazone groups is 1. The first-order valence-corrected chi connectivity index (χ1v) is 9.88. The molecule has 3 rings (SSSR count). The summed E-state index contributed by atoms with van der Waals surface area (Å²) < 4.78 is 10.7. The molecule has 0 atom stereocenters. The molecule has 0 aliphatic carbocycles. The molecule has 0 saturated heterocycles. The Bertz CT molecular complexity index is 1190. The molecule has 3 aromatic rings. The van der Waals surface area contributed by atoms with Crippen LogP contribution in [0.5, 0.6) is 11.5 Å². The average Bonchev–Trinajstić information content (AvgIpc) is 2.80. The zero-order chi connectivity index (χ0) is 23.8. The van der Waals surface area contributed by atoms with Gasteiger partial charge in [-0.1, -0.05) is 29.8 Å². The summed E-state index contributed by atoms with van der Waals surface area (Å²) in [5.41, 5.74) is 5.04. The first-order chi connectivity index (χ1) is 15.9. The molecule has 168 valence electrons. The van der Waals surface area contributed by atoms with E-state index in [-0.39, 0.29) is 23.8 Å². The van der Waals surface area contributed by atoms with E-state index in [1.807, 2.05) is 19.1 Å². The number of esters is 1. The van der Waals surface area contributed by atoms with Crippen molar-refractivity contribution >= 4 is 23.8 Å². The van der Waals surface area contributed by atoms with Gasteiger partial charge in [0.1, 0.15) is 0 Å². The SMILES string of the molecule is COc1cc(C=NNC(=O)Cc2ccc([N+](=O)[O-])cc2)ccc1OC(=O)c1ccc(C)cc1. The molecule has 0 bridgehead atoms. The van der Waals surface area contributed by atoms with Gasteiger partial charge in [-0.3, -0.25) is 14.9 Å². The number of nitro benzene ring substituents is 1. The Morgan fingerprint density at radius 3 is 2.36 bits per heavy atom. The van der Waals surface area contributed by atoms with E-state index >= 15 is 0 Å². The van der Waals surface area contributed by atoms with Crippen molar-refractivity contribution in [3.63, 3.8) is 0 Å². The second kappa shape index (κ2) is 10.7. The van der Waals surface area contributed by atoms with Gasteiger partial charge in [-0.05, 0) is 48.4 Å². The van der Waals surface area contributed by atoms with E-state index in [4.69, 9.17) is 9.47 Å². The summed E-state index contributed by atoms with van der Waals surface area (Å²) >= 11 is 0. The summed E-state index contributed by atoms with van der Waals surface area (Å²) in [6.07, 6.45) is 1.44. The number of nitrogens with one attached hydrogen (secondary N) is 1. The standard InChI is InChI=1S/C24H21N3O6/c1-16-3-8-19(9-4-16)24(29)33-21-12-7-18(13-22(21)32-2)15-25-26-23(28)14-17-5-10-20(11-6-17)27(30)31/h3-13,15H,14H2,1-2H3,(H,26,28). The van der Waals surface area contributed by atoms with Gasteiger partial charge in [0.25, 0.3) is 5.69 Å². The van der Waals surface area contributed by atoms with Gasteiger partial charge in [0.2, 0.25) is 5.91 Å². The molecule has 0 fully saturated rings. The van der Waals surface area contributed by atoms with Crippen molar-refractivity contribution in [1.82, 2.24) is 5.43 Å². The Labute approximate surface area is 189 Å². The van der Waals surface area contributed by atoms with Gasteiger partial charge in [0.15, 0.2) is 11.5 Å². The molecule has 0 unspecified atom stereocenters. The highest BCUT2D eigenvalue weighted by molar-refractivity contribution is 5.91. The van der Waals surface area contributed by atoms with E-state index in [1.54, 1.807) is 30.3 Å². The van der Waals surface area contributed by atoms with Crippen LogP contribution in [0, 0.1) is 17.0 Å². The maximum absolute atomic E-state index is 12.3. The van der Waals surface area contributed by atoms with E-state index in [1.165, 1.54) is 37.6 Å². The zero-order valence-electron chi connectivity index (χ0n) is 18.0. The van der Waals surface area contributed by atoms with Crippen LogP contribution in [-0.2, 0) is 11.2 Å². The van der Waals surface area contributed by atoms with E-state index in [0.29, 0.717) is 22.4 Å². The molecule has 0 aromatic heterocycles. The maximum Gasteiger partial charge on any atom is 0.343 e. The van der Waals surface area contributed by atoms with Crippen LogP contribution >= 0.6 is 0 Å². The van der Waals surface area contributed by atoms with Gasteiger partial charge in [0.05, 0.1) is 30.2 Å². The largest absolute Gasteiger partial charge is 0.493 e. The molecule has 1 amide bonds. The number of amides is 1. The third-order valence-corrected chi connectivity index (χ3v) is 4.59. The smallest absolute Gasteiger partial charge is 0.343 e. The highest BCUT2D eigenvalue weighted by Gasteiger charge is 2.13. The first kappa shape index (κ1) is 23.1. The van der Waals surface area contributed by atoms with Crippen molar-refractivity contribution in [1.29, 1.82) is 0 Å². The summed E-state index contributed by atoms with van der Waals surface area (Å²) in [6.45, 7) is 1.93. The second-order valence-electron chi connectivity index (χ2n) is 7.06. The number of carbonyl (C=O) groups excluding carboxylic acids is 2. The van der Waals surface area contributed by atoms with Gasteiger partial charge < -0.3 is 9.47 Å². The van der Waals surface area contributed by atoms with Gasteiger partial charge in [-0.25, -0.2) is 10.2 Å². The highest BCUT2D eigenvalue weighted by Crippen LogP contribution is 2.28. The van der Waals surface area contributed by atoms with E-state index in [2.05, 4.69) is 10.5 Å². The summed E-state index contributed by atoms with van der Waals surface area (Å²) in [7, 11) is 1.45. The third-order valence-electron chi connectivity index (χ3n) is 4.59. The quantitative estimate of drug-likeness (QED) is 0.184. The fourth-order valence-corrected chi connectivity index (χ4v) is 2.84. The third kappa shape index (κ3) is 6.47. The van der Waals surface area contributed by atoms with Crippen molar-refractivity contribution in [2.75, 3.05) is 7.11 Å². The minimum absolute atomic E-state index is 0.0204. The van der Waals surface area contributed by atoms with Crippen LogP contribution in [0.25, 0.3) is 0 Å². The minimum atomic E-state index is -0.506. The summed E-state index contributed by atoms with van der Waals surface area (Å²) in [4.78, 5) is 34.6. The van der Waals surface area contributed by atoms with Crippen LogP contribution in [0.15, 0.2) is 71.8 Å². The number of rotatable bonds is 8. The van der Waals surface area contributed by atoms with Crippen LogP contribution in [0.3, 0.4) is 0 Å². The Hall–Kier alpha value is -4.53. The molecule has 0 saturated carbocycles. The van der Waals surface area contributed by atoms with Crippen molar-refractivity contribution in [2.24, 2.45) is 5.10 Å². The molecule has 0 aliphatic rings. The van der Waals surface area contributed by atoms with Crippen LogP contribution in [-0.4, -0.2) is 30.1 Å². The van der Waals surface area contributed by atoms with Crippen molar-refractivity contribution < 1.29 is 24.0 Å². The number of hydrogen-bond donors (Lipinski definition) is 1. The van der Waals surface area contributed by atoms with Crippen molar-refractivity contribution in [3.05, 3.63) is 99.1 Å². The second-order valence-corrected chi connectivity index (χ2v) is 7.06. The van der Waals surface area contributed by atoms with Gasteiger partial charge in [-0.15, -0.1) is 0 Å². The van der Waals surface area contributed by atoms with Crippen LogP contribution in [0.1, 0.15) is 27.0 Å². The monoisotopic (exact) mass is 447 g/mol. The Kier molecular flexibility index (Phi) is 7.48. The molecule has 0 aliphatic heterocycles. The Balaban J connectivity index is 1.59. The number of carbonyl (C=O) groups is 2. The molecule has 9 nitrogen and oxygen atoms in total. The molecule has 3 aromatic carbocycles. The fourth-order valence-electron chi connectivity index (χ4n) is 2.84. The predicted octanol–water partition coefficient (Wildman–Crippen LogP) is 3.82. The lowest BCUT2D eigenvalue weighted by Gasteiger charge is -2.10. The Morgan fingerprint density at radius 2 is 1.73 bits per heavy atom. The normalized spacial score (nSPS) is 10.6. The van der Waals surface area contributed by atoms with E-state index in [0.717, 1.165) is 5.56 Å². The van der Waals surface area contributed by atoms with E-state index < -0.39 is 10.9 Å². The molecule has 1 N–H and O–H groups in total. The number of benzene rings is 3. The average molecular weight is 447 g/mol. The molecular formula is C24H21N3O6. The van der Waals surface area contributed by atoms with Gasteiger partial charge >= 0.3 is 5.97 Å². The fraction of sp³-hybridized carbons (Fsp3) is 0.125. The number of non-ortho nitro benzene ring substituents is 1. The lowest BCUT2D eigenvalue weighted by atomic mass is 10.1. The zero-order valence-corrected chi connectivity index (χ0v) is 18.0. The first-order valence-electron chi connectivity index (χ1n) is 9.88. The number of nitro groups is 1. The highest BCUT2D eigenvalue weighted by atomic mass is 16.6. The molecular weight excluding hydrogens is 426 g/mol. The maximum atomic E-state index is 12.3. The number of aryl methyl sites for hydroxylation is 1. The lowest BCUT2D eigenvalue weighted by molar-refractivity contribution is -0.384. The minimum Gasteiger partial charge on any atom is -0.493 e. The summed E-state index contributed by atoms with van der Waals surface area (Å²) in [5, 5.41) is 14.6. The molecule has 0 spiro atoms. The number of hydrogen-bond acceptors (Lipinski definition) is 7. The lowest BCUT2D eigenvalue weighted by Crippen LogP contribution is -2.19. The van der Waals surface area contributed by atoms with E-state index in [9.17, 15) is 19.7 Å². The molecule has 0 heterocycles. The predicted molar refractivity (Wildman–Crippen MR) is 122 cm³/mol. The number of ether oxygens (including phenoxy) is 2. The van der Waals surface area contributed by atoms with Crippen LogP contribution in [0.2, 0.25) is 0 Å². The number of nitrogens with zero attached hydrogens (tertiary/aromatic N) is 2. The summed E-state index contributed by atoms with van der Waals surface area (Å²) in [6, 6.07) is 17.6. The molecule has 33 heavy (non-hydrogen) atoms. The molecule has 0 radical (unpaired) electrons. The topological polar surface area (TPSA) is 120 Å². The van der Waals surface area contributed by atoms with Crippen molar-refractivity contribution in [3.8, 4) is 11.5 Å². The Morgan fingerprint density at radius 1 is 1.03 bits per heavy atom. The number of methoxy groups -OCH3 is 1. The van der Waals surface area contributed by atoms with Gasteiger partial charge in [0, 0.05) is 12.1 Å². The summed E-state index contributed by atoms with van der Waals surface area (Å²) in [5.74, 6) is -0.303. The van der Waals surface area contributed by atoms with Crippen molar-refractivity contribution in [2.45, 2.75) is 13.3 Å². The molecule has 9 heteroatoms.